The van der Waals surface area contributed by atoms with Gasteiger partial charge in [0.15, 0.2) is 6.29 Å². The molecule has 2 rings (SSSR count). The second-order valence-electron chi connectivity index (χ2n) is 6.39. The number of hydrogen-bond acceptors (Lipinski definition) is 8. The molecule has 0 spiro atoms. The van der Waals surface area contributed by atoms with Crippen molar-refractivity contribution >= 4 is 13.4 Å². The van der Waals surface area contributed by atoms with E-state index in [2.05, 4.69) is 4.98 Å². The van der Waals surface area contributed by atoms with Crippen molar-refractivity contribution < 1.29 is 23.1 Å². The second-order valence-corrected chi connectivity index (χ2v) is 8.29. The van der Waals surface area contributed by atoms with Crippen LogP contribution in [0.1, 0.15) is 33.1 Å². The predicted molar refractivity (Wildman–Crippen MR) is 106 cm³/mol. The van der Waals surface area contributed by atoms with Gasteiger partial charge in [0.05, 0.1) is 19.8 Å². The Hall–Kier alpha value is -1.51. The molecule has 1 saturated heterocycles. The van der Waals surface area contributed by atoms with E-state index in [9.17, 15) is 9.36 Å². The monoisotopic (exact) mass is 415 g/mol. The third-order valence-corrected chi connectivity index (χ3v) is 5.89. The van der Waals surface area contributed by atoms with Gasteiger partial charge in [-0.2, -0.15) is 4.98 Å². The molecule has 0 aliphatic carbocycles. The van der Waals surface area contributed by atoms with E-state index < -0.39 is 13.3 Å². The number of aromatic nitrogens is 2. The van der Waals surface area contributed by atoms with E-state index in [1.807, 2.05) is 0 Å². The first-order valence-corrected chi connectivity index (χ1v) is 11.2. The molecule has 2 N–H and O–H groups in total. The number of rotatable bonds is 11. The summed E-state index contributed by atoms with van der Waals surface area (Å²) in [5.41, 5.74) is 5.09. The lowest BCUT2D eigenvalue weighted by Gasteiger charge is -2.25. The summed E-state index contributed by atoms with van der Waals surface area (Å²) in [4.78, 5) is 15.8. The largest absolute Gasteiger partial charge is 0.383 e. The molecule has 0 saturated carbocycles. The number of ether oxygens (including phenoxy) is 2. The first-order chi connectivity index (χ1) is 13.5. The highest BCUT2D eigenvalue weighted by atomic mass is 31.2. The van der Waals surface area contributed by atoms with Crippen molar-refractivity contribution in [1.82, 2.24) is 9.55 Å². The van der Waals surface area contributed by atoms with E-state index in [-0.39, 0.29) is 44.4 Å². The number of hydrogen-bond donors (Lipinski definition) is 1. The molecule has 0 unspecified atom stereocenters. The standard InChI is InChI=1S/C18H30N3O6P/c1-3-26-28(23,27-4-2)12-9-15(14-25-17-7-5-6-11-24-17)13-21-10-8-16(19)20-18(21)22/h8-10,12,15,17H,3-7,11,13-14H2,1-2H3,(H2,19,20,22)/t15-,17+/m1/s1. The van der Waals surface area contributed by atoms with Crippen LogP contribution in [0.3, 0.4) is 0 Å². The highest BCUT2D eigenvalue weighted by Crippen LogP contribution is 2.49. The van der Waals surface area contributed by atoms with Gasteiger partial charge in [0, 0.05) is 31.1 Å². The zero-order chi connectivity index (χ0) is 20.4. The molecule has 10 heteroatoms. The zero-order valence-electron chi connectivity index (χ0n) is 16.5. The van der Waals surface area contributed by atoms with Gasteiger partial charge in [-0.3, -0.25) is 9.13 Å². The number of anilines is 1. The molecule has 158 valence electrons. The third-order valence-electron chi connectivity index (χ3n) is 4.12. The van der Waals surface area contributed by atoms with Crippen molar-refractivity contribution in [2.24, 2.45) is 5.92 Å². The van der Waals surface area contributed by atoms with Gasteiger partial charge in [0.2, 0.25) is 0 Å². The van der Waals surface area contributed by atoms with Crippen LogP contribution in [0.2, 0.25) is 0 Å². The summed E-state index contributed by atoms with van der Waals surface area (Å²) in [7, 11) is -3.34. The Morgan fingerprint density at radius 3 is 2.75 bits per heavy atom. The van der Waals surface area contributed by atoms with Crippen LogP contribution in [0.5, 0.6) is 0 Å². The summed E-state index contributed by atoms with van der Waals surface area (Å²) in [5, 5.41) is 0. The maximum absolute atomic E-state index is 12.7. The predicted octanol–water partition coefficient (Wildman–Crippen LogP) is 2.76. The van der Waals surface area contributed by atoms with E-state index in [1.54, 1.807) is 32.2 Å². The molecule has 9 nitrogen and oxygen atoms in total. The van der Waals surface area contributed by atoms with Gasteiger partial charge in [-0.15, -0.1) is 0 Å². The molecule has 1 aromatic rings. The van der Waals surface area contributed by atoms with E-state index >= 15 is 0 Å². The molecular weight excluding hydrogens is 385 g/mol. The Balaban J connectivity index is 2.12. The molecule has 0 radical (unpaired) electrons. The molecule has 1 aliphatic rings. The normalized spacial score (nSPS) is 19.1. The van der Waals surface area contributed by atoms with Crippen molar-refractivity contribution in [1.29, 1.82) is 0 Å². The van der Waals surface area contributed by atoms with Crippen LogP contribution in [0.4, 0.5) is 5.82 Å². The van der Waals surface area contributed by atoms with Crippen LogP contribution in [0, 0.1) is 5.92 Å². The SMILES string of the molecule is CCOP(=O)(C=C[C@@H](CO[C@H]1CCCCO1)Cn1ccc(N)nc1=O)OCC. The fraction of sp³-hybridized carbons (Fsp3) is 0.667. The maximum Gasteiger partial charge on any atom is 0.353 e. The first kappa shape index (κ1) is 22.8. The topological polar surface area (TPSA) is 115 Å². The van der Waals surface area contributed by atoms with Gasteiger partial charge in [-0.05, 0) is 39.2 Å². The van der Waals surface area contributed by atoms with Gasteiger partial charge in [0.1, 0.15) is 5.82 Å². The number of nitrogens with two attached hydrogens (primary N) is 1. The fourth-order valence-electron chi connectivity index (χ4n) is 2.79. The molecule has 0 bridgehead atoms. The molecule has 1 fully saturated rings. The Labute approximate surface area is 165 Å². The van der Waals surface area contributed by atoms with Gasteiger partial charge in [-0.25, -0.2) is 4.79 Å². The number of nitrogens with zero attached hydrogens (tertiary/aromatic N) is 2. The summed E-state index contributed by atoms with van der Waals surface area (Å²) in [6.45, 7) is 5.28. The molecule has 0 aromatic carbocycles. The molecular formula is C18H30N3O6P. The van der Waals surface area contributed by atoms with Gasteiger partial charge in [-0.1, -0.05) is 6.08 Å². The van der Waals surface area contributed by atoms with Gasteiger partial charge >= 0.3 is 13.3 Å². The molecule has 28 heavy (non-hydrogen) atoms. The lowest BCUT2D eigenvalue weighted by Crippen LogP contribution is -2.29. The Morgan fingerprint density at radius 1 is 1.39 bits per heavy atom. The summed E-state index contributed by atoms with van der Waals surface area (Å²) >= 11 is 0. The minimum atomic E-state index is -3.34. The Bertz CT molecular complexity index is 722. The van der Waals surface area contributed by atoms with E-state index in [4.69, 9.17) is 24.3 Å². The summed E-state index contributed by atoms with van der Waals surface area (Å²) < 4.78 is 36.2. The molecule has 2 heterocycles. The molecule has 2 atom stereocenters. The van der Waals surface area contributed by atoms with Crippen LogP contribution in [-0.2, 0) is 29.6 Å². The van der Waals surface area contributed by atoms with Crippen LogP contribution in [0.25, 0.3) is 0 Å². The average Bonchev–Trinajstić information content (AvgIpc) is 2.67. The minimum Gasteiger partial charge on any atom is -0.383 e. The first-order valence-electron chi connectivity index (χ1n) is 9.60. The second kappa shape index (κ2) is 11.5. The third kappa shape index (κ3) is 7.48. The molecule has 1 aliphatic heterocycles. The van der Waals surface area contributed by atoms with E-state index in [1.165, 1.54) is 10.4 Å². The fourth-order valence-corrected chi connectivity index (χ4v) is 4.21. The summed E-state index contributed by atoms with van der Waals surface area (Å²) in [6, 6.07) is 1.55. The van der Waals surface area contributed by atoms with Gasteiger partial charge < -0.3 is 24.3 Å². The molecule has 0 amide bonds. The van der Waals surface area contributed by atoms with Crippen molar-refractivity contribution in [3.8, 4) is 0 Å². The lowest BCUT2D eigenvalue weighted by molar-refractivity contribution is -0.167. The van der Waals surface area contributed by atoms with Crippen molar-refractivity contribution in [2.75, 3.05) is 32.2 Å². The van der Waals surface area contributed by atoms with Crippen LogP contribution in [-0.4, -0.2) is 42.3 Å². The van der Waals surface area contributed by atoms with Crippen molar-refractivity contribution in [3.05, 3.63) is 34.6 Å². The van der Waals surface area contributed by atoms with Crippen LogP contribution in [0.15, 0.2) is 29.0 Å². The average molecular weight is 415 g/mol. The van der Waals surface area contributed by atoms with Gasteiger partial charge in [0.25, 0.3) is 0 Å². The number of nitrogen functional groups attached to an aromatic ring is 1. The highest BCUT2D eigenvalue weighted by Gasteiger charge is 2.21. The Kier molecular flexibility index (Phi) is 9.34. The van der Waals surface area contributed by atoms with Crippen molar-refractivity contribution in [2.45, 2.75) is 45.9 Å². The summed E-state index contributed by atoms with van der Waals surface area (Å²) in [6.07, 6.45) is 5.93. The smallest absolute Gasteiger partial charge is 0.353 e. The van der Waals surface area contributed by atoms with Crippen LogP contribution < -0.4 is 11.4 Å². The van der Waals surface area contributed by atoms with E-state index in [0.29, 0.717) is 6.61 Å². The lowest BCUT2D eigenvalue weighted by atomic mass is 10.1. The van der Waals surface area contributed by atoms with E-state index in [0.717, 1.165) is 19.3 Å². The zero-order valence-corrected chi connectivity index (χ0v) is 17.4. The van der Waals surface area contributed by atoms with Crippen LogP contribution >= 0.6 is 7.60 Å². The Morgan fingerprint density at radius 2 is 2.14 bits per heavy atom. The minimum absolute atomic E-state index is 0.164. The highest BCUT2D eigenvalue weighted by molar-refractivity contribution is 7.57. The quantitative estimate of drug-likeness (QED) is 0.549. The molecule has 1 aromatic heterocycles. The summed E-state index contributed by atoms with van der Waals surface area (Å²) in [5.74, 6) is 1.34. The van der Waals surface area contributed by atoms with Crippen molar-refractivity contribution in [3.63, 3.8) is 0 Å². The maximum atomic E-state index is 12.7.